The summed E-state index contributed by atoms with van der Waals surface area (Å²) in [6.07, 6.45) is -1.48. The van der Waals surface area contributed by atoms with Gasteiger partial charge in [0.2, 0.25) is 0 Å². The van der Waals surface area contributed by atoms with E-state index in [1.165, 1.54) is 12.4 Å². The quantitative estimate of drug-likeness (QED) is 0.780. The zero-order chi connectivity index (χ0) is 14.9. The average Bonchev–Trinajstić information content (AvgIpc) is 2.47. The highest BCUT2D eigenvalue weighted by molar-refractivity contribution is 5.87. The molecule has 0 aliphatic heterocycles. The number of aromatic nitrogens is 3. The van der Waals surface area contributed by atoms with Crippen molar-refractivity contribution in [2.24, 2.45) is 0 Å². The van der Waals surface area contributed by atoms with Crippen molar-refractivity contribution in [2.75, 3.05) is 5.32 Å². The summed E-state index contributed by atoms with van der Waals surface area (Å²) >= 11 is 0. The van der Waals surface area contributed by atoms with Crippen molar-refractivity contribution in [2.45, 2.75) is 6.18 Å². The minimum absolute atomic E-state index is 0.300. The van der Waals surface area contributed by atoms with Crippen molar-refractivity contribution in [1.29, 1.82) is 0 Å². The molecule has 1 aromatic carbocycles. The standard InChI is InChI=1S/C14H9F3N4/c15-14(16,17)9-3-1-4-10(7-9)21-13-11-5-2-6-18-12(11)19-8-20-13/h1-8H,(H,18,19,20,21). The summed E-state index contributed by atoms with van der Waals surface area (Å²) in [5.74, 6) is 0.410. The lowest BCUT2D eigenvalue weighted by molar-refractivity contribution is -0.137. The van der Waals surface area contributed by atoms with Crippen molar-refractivity contribution in [3.05, 3.63) is 54.5 Å². The van der Waals surface area contributed by atoms with Crippen LogP contribution in [-0.4, -0.2) is 15.0 Å². The summed E-state index contributed by atoms with van der Waals surface area (Å²) in [4.78, 5) is 12.1. The lowest BCUT2D eigenvalue weighted by Gasteiger charge is -2.11. The van der Waals surface area contributed by atoms with Gasteiger partial charge in [0, 0.05) is 11.9 Å². The summed E-state index contributed by atoms with van der Waals surface area (Å²) in [5, 5.41) is 3.50. The Morgan fingerprint density at radius 1 is 0.952 bits per heavy atom. The van der Waals surface area contributed by atoms with Crippen molar-refractivity contribution < 1.29 is 13.2 Å². The van der Waals surface area contributed by atoms with Gasteiger partial charge < -0.3 is 5.32 Å². The van der Waals surface area contributed by atoms with Crippen LogP contribution in [-0.2, 0) is 6.18 Å². The maximum absolute atomic E-state index is 12.7. The molecule has 0 aliphatic carbocycles. The smallest absolute Gasteiger partial charge is 0.340 e. The number of nitrogens with one attached hydrogen (secondary N) is 1. The zero-order valence-corrected chi connectivity index (χ0v) is 10.6. The molecule has 0 fully saturated rings. The maximum Gasteiger partial charge on any atom is 0.416 e. The van der Waals surface area contributed by atoms with E-state index in [0.717, 1.165) is 12.1 Å². The minimum atomic E-state index is -4.38. The van der Waals surface area contributed by atoms with Crippen molar-refractivity contribution in [1.82, 2.24) is 15.0 Å². The summed E-state index contributed by atoms with van der Waals surface area (Å²) < 4.78 is 38.1. The number of hydrogen-bond donors (Lipinski definition) is 1. The molecule has 0 amide bonds. The van der Waals surface area contributed by atoms with E-state index in [1.807, 2.05) is 0 Å². The fraction of sp³-hybridized carbons (Fsp3) is 0.0714. The minimum Gasteiger partial charge on any atom is -0.340 e. The van der Waals surface area contributed by atoms with Gasteiger partial charge in [0.25, 0.3) is 0 Å². The molecule has 0 unspecified atom stereocenters. The van der Waals surface area contributed by atoms with Crippen molar-refractivity contribution >= 4 is 22.5 Å². The van der Waals surface area contributed by atoms with Gasteiger partial charge in [-0.05, 0) is 30.3 Å². The number of fused-ring (bicyclic) bond motifs is 1. The number of nitrogens with zero attached hydrogens (tertiary/aromatic N) is 3. The van der Waals surface area contributed by atoms with E-state index in [2.05, 4.69) is 20.3 Å². The molecule has 1 N–H and O–H groups in total. The Bertz CT molecular complexity index is 781. The molecule has 2 heterocycles. The molecule has 106 valence electrons. The van der Waals surface area contributed by atoms with E-state index in [1.54, 1.807) is 24.4 Å². The van der Waals surface area contributed by atoms with Crippen LogP contribution in [0.2, 0.25) is 0 Å². The fourth-order valence-corrected chi connectivity index (χ4v) is 1.91. The Hall–Kier alpha value is -2.70. The number of anilines is 2. The Balaban J connectivity index is 1.99. The van der Waals surface area contributed by atoms with E-state index in [9.17, 15) is 13.2 Å². The van der Waals surface area contributed by atoms with Crippen LogP contribution >= 0.6 is 0 Å². The first-order chi connectivity index (χ1) is 10.0. The molecule has 0 bridgehead atoms. The van der Waals surface area contributed by atoms with Crippen LogP contribution in [0, 0.1) is 0 Å². The van der Waals surface area contributed by atoms with Crippen molar-refractivity contribution in [3.8, 4) is 0 Å². The molecule has 0 radical (unpaired) electrons. The van der Waals surface area contributed by atoms with Crippen LogP contribution in [0.3, 0.4) is 0 Å². The van der Waals surface area contributed by atoms with Crippen LogP contribution in [0.5, 0.6) is 0 Å². The highest BCUT2D eigenvalue weighted by atomic mass is 19.4. The second-order valence-corrected chi connectivity index (χ2v) is 4.30. The third-order valence-electron chi connectivity index (χ3n) is 2.86. The molecule has 3 aromatic rings. The molecule has 0 aliphatic rings. The average molecular weight is 290 g/mol. The number of hydrogen-bond acceptors (Lipinski definition) is 4. The van der Waals surface area contributed by atoms with Crippen molar-refractivity contribution in [3.63, 3.8) is 0 Å². The SMILES string of the molecule is FC(F)(F)c1cccc(Nc2ncnc3ncccc23)c1. The van der Waals surface area contributed by atoms with Gasteiger partial charge in [-0.25, -0.2) is 15.0 Å². The molecule has 0 saturated carbocycles. The lowest BCUT2D eigenvalue weighted by atomic mass is 10.2. The van der Waals surface area contributed by atoms with Gasteiger partial charge in [-0.3, -0.25) is 0 Å². The predicted octanol–water partition coefficient (Wildman–Crippen LogP) is 3.79. The predicted molar refractivity (Wildman–Crippen MR) is 72.1 cm³/mol. The molecule has 2 aromatic heterocycles. The largest absolute Gasteiger partial charge is 0.416 e. The first-order valence-electron chi connectivity index (χ1n) is 6.04. The number of pyridine rings is 1. The molecule has 7 heteroatoms. The van der Waals surface area contributed by atoms with Crippen LogP contribution in [0.4, 0.5) is 24.7 Å². The molecule has 3 rings (SSSR count). The Morgan fingerprint density at radius 3 is 2.62 bits per heavy atom. The summed E-state index contributed by atoms with van der Waals surface area (Å²) in [5.41, 5.74) is 0.0552. The summed E-state index contributed by atoms with van der Waals surface area (Å²) in [7, 11) is 0. The summed E-state index contributed by atoms with van der Waals surface area (Å²) in [6.45, 7) is 0. The highest BCUT2D eigenvalue weighted by Gasteiger charge is 2.30. The normalized spacial score (nSPS) is 11.6. The Labute approximate surface area is 117 Å². The number of benzene rings is 1. The first-order valence-corrected chi connectivity index (χ1v) is 6.04. The number of alkyl halides is 3. The van der Waals surface area contributed by atoms with Gasteiger partial charge in [-0.2, -0.15) is 13.2 Å². The van der Waals surface area contributed by atoms with Crippen LogP contribution in [0.25, 0.3) is 11.0 Å². The van der Waals surface area contributed by atoms with Crippen LogP contribution in [0.1, 0.15) is 5.56 Å². The Morgan fingerprint density at radius 2 is 1.81 bits per heavy atom. The van der Waals surface area contributed by atoms with E-state index in [4.69, 9.17) is 0 Å². The highest BCUT2D eigenvalue weighted by Crippen LogP contribution is 2.31. The third-order valence-corrected chi connectivity index (χ3v) is 2.86. The Kier molecular flexibility index (Phi) is 3.17. The third kappa shape index (κ3) is 2.76. The maximum atomic E-state index is 12.7. The van der Waals surface area contributed by atoms with E-state index < -0.39 is 11.7 Å². The second kappa shape index (κ2) is 5.01. The zero-order valence-electron chi connectivity index (χ0n) is 10.6. The van der Waals surface area contributed by atoms with E-state index in [0.29, 0.717) is 22.5 Å². The van der Waals surface area contributed by atoms with Gasteiger partial charge in [0.1, 0.15) is 12.1 Å². The first kappa shape index (κ1) is 13.3. The van der Waals surface area contributed by atoms with Gasteiger partial charge in [0.05, 0.1) is 10.9 Å². The molecule has 0 atom stereocenters. The lowest BCUT2D eigenvalue weighted by Crippen LogP contribution is -2.05. The molecule has 4 nitrogen and oxygen atoms in total. The van der Waals surface area contributed by atoms with Crippen LogP contribution < -0.4 is 5.32 Å². The summed E-state index contributed by atoms with van der Waals surface area (Å²) in [6, 6.07) is 8.39. The second-order valence-electron chi connectivity index (χ2n) is 4.30. The monoisotopic (exact) mass is 290 g/mol. The van der Waals surface area contributed by atoms with Gasteiger partial charge in [-0.1, -0.05) is 6.07 Å². The van der Waals surface area contributed by atoms with Gasteiger partial charge >= 0.3 is 6.18 Å². The van der Waals surface area contributed by atoms with Gasteiger partial charge in [-0.15, -0.1) is 0 Å². The molecular weight excluding hydrogens is 281 g/mol. The van der Waals surface area contributed by atoms with E-state index in [-0.39, 0.29) is 0 Å². The molecule has 0 saturated heterocycles. The van der Waals surface area contributed by atoms with Crippen LogP contribution in [0.15, 0.2) is 48.9 Å². The molecule has 21 heavy (non-hydrogen) atoms. The number of rotatable bonds is 2. The molecular formula is C14H9F3N4. The molecule has 0 spiro atoms. The number of halogens is 3. The fourth-order valence-electron chi connectivity index (χ4n) is 1.91. The van der Waals surface area contributed by atoms with Gasteiger partial charge in [0.15, 0.2) is 5.65 Å². The van der Waals surface area contributed by atoms with E-state index >= 15 is 0 Å². The topological polar surface area (TPSA) is 50.7 Å².